The van der Waals surface area contributed by atoms with Gasteiger partial charge in [0, 0.05) is 25.4 Å². The van der Waals surface area contributed by atoms with Crippen molar-refractivity contribution in [2.45, 2.75) is 16.8 Å². The third-order valence-electron chi connectivity index (χ3n) is 4.54. The summed E-state index contributed by atoms with van der Waals surface area (Å²) in [6, 6.07) is 5.67. The molecule has 2 aliphatic heterocycles. The molecule has 0 radical (unpaired) electrons. The third-order valence-corrected chi connectivity index (χ3v) is 6.70. The molecule has 2 saturated heterocycles. The van der Waals surface area contributed by atoms with Gasteiger partial charge >= 0.3 is 6.03 Å². The zero-order chi connectivity index (χ0) is 19.3. The van der Waals surface area contributed by atoms with Crippen LogP contribution in [0.1, 0.15) is 6.42 Å². The topological polar surface area (TPSA) is 92.8 Å². The molecule has 0 aliphatic carbocycles. The summed E-state index contributed by atoms with van der Waals surface area (Å²) >= 11 is 2.95. The molecule has 10 heteroatoms. The molecular weight excluding hydrogens is 400 g/mol. The molecule has 3 amide bonds. The molecule has 2 fully saturated rings. The predicted molar refractivity (Wildman–Crippen MR) is 109 cm³/mol. The van der Waals surface area contributed by atoms with E-state index in [9.17, 15) is 9.59 Å². The zero-order valence-corrected chi connectivity index (χ0v) is 16.9. The van der Waals surface area contributed by atoms with Crippen LogP contribution < -0.4 is 10.6 Å². The first-order valence-electron chi connectivity index (χ1n) is 9.21. The number of aromatic nitrogens is 1. The molecule has 2 N–H and O–H groups in total. The lowest BCUT2D eigenvalue weighted by Crippen LogP contribution is -2.43. The minimum atomic E-state index is -0.116. The lowest BCUT2D eigenvalue weighted by Gasteiger charge is -2.26. The second-order valence-corrected chi connectivity index (χ2v) is 8.86. The second-order valence-electron chi connectivity index (χ2n) is 6.61. The Morgan fingerprint density at radius 1 is 1.25 bits per heavy atom. The summed E-state index contributed by atoms with van der Waals surface area (Å²) < 4.78 is 12.4. The van der Waals surface area contributed by atoms with E-state index >= 15 is 0 Å². The first-order valence-corrected chi connectivity index (χ1v) is 11.0. The number of hydrogen-bond donors (Lipinski definition) is 2. The Hall–Kier alpha value is -1.88. The fourth-order valence-corrected chi connectivity index (χ4v) is 4.98. The number of carbonyl (C=O) groups is 2. The van der Waals surface area contributed by atoms with Gasteiger partial charge in [-0.05, 0) is 24.6 Å². The Morgan fingerprint density at radius 2 is 2.11 bits per heavy atom. The smallest absolute Gasteiger partial charge is 0.322 e. The number of ether oxygens (including phenoxy) is 2. The Labute approximate surface area is 171 Å². The van der Waals surface area contributed by atoms with Crippen LogP contribution in [0, 0.1) is 0 Å². The molecular formula is C18H22N4O4S2. The van der Waals surface area contributed by atoms with Crippen LogP contribution in [0.25, 0.3) is 10.2 Å². The molecule has 1 aromatic carbocycles. The van der Waals surface area contributed by atoms with Gasteiger partial charge in [0.1, 0.15) is 0 Å². The molecule has 4 rings (SSSR count). The number of nitrogens with zero attached hydrogens (tertiary/aromatic N) is 2. The Balaban J connectivity index is 1.33. The number of rotatable bonds is 5. The molecule has 1 unspecified atom stereocenters. The molecule has 8 nitrogen and oxygen atoms in total. The van der Waals surface area contributed by atoms with Crippen LogP contribution in [0.3, 0.4) is 0 Å². The van der Waals surface area contributed by atoms with Crippen molar-refractivity contribution in [2.24, 2.45) is 0 Å². The van der Waals surface area contributed by atoms with E-state index in [1.807, 2.05) is 18.2 Å². The minimum absolute atomic E-state index is 0.00165. The SMILES string of the molecule is O=C(CSc1nc2ccc(NC(=O)N3CCOCC3)cc2s1)NC1CCOC1. The van der Waals surface area contributed by atoms with E-state index in [4.69, 9.17) is 9.47 Å². The summed E-state index contributed by atoms with van der Waals surface area (Å²) in [5.74, 6) is 0.329. The van der Waals surface area contributed by atoms with Crippen molar-refractivity contribution in [3.8, 4) is 0 Å². The molecule has 3 heterocycles. The van der Waals surface area contributed by atoms with E-state index in [2.05, 4.69) is 15.6 Å². The molecule has 0 spiro atoms. The second kappa shape index (κ2) is 9.08. The van der Waals surface area contributed by atoms with E-state index in [0.717, 1.165) is 26.7 Å². The van der Waals surface area contributed by atoms with Crippen molar-refractivity contribution < 1.29 is 19.1 Å². The summed E-state index contributed by atoms with van der Waals surface area (Å²) in [6.45, 7) is 3.65. The van der Waals surface area contributed by atoms with Crippen LogP contribution in [0.15, 0.2) is 22.5 Å². The van der Waals surface area contributed by atoms with Crippen molar-refractivity contribution in [2.75, 3.05) is 50.6 Å². The average molecular weight is 423 g/mol. The maximum absolute atomic E-state index is 12.3. The molecule has 2 aliphatic rings. The van der Waals surface area contributed by atoms with E-state index in [-0.39, 0.29) is 18.0 Å². The first-order chi connectivity index (χ1) is 13.7. The standard InChI is InChI=1S/C18H22N4O4S2/c23-16(19-13-3-6-26-10-13)11-27-18-21-14-2-1-12(9-15(14)28-18)20-17(24)22-4-7-25-8-5-22/h1-2,9,13H,3-8,10-11H2,(H,19,23)(H,20,24). The van der Waals surface area contributed by atoms with Gasteiger partial charge in [-0.25, -0.2) is 9.78 Å². The van der Waals surface area contributed by atoms with Crippen LogP contribution in [0.4, 0.5) is 10.5 Å². The Bertz CT molecular complexity index is 847. The van der Waals surface area contributed by atoms with Crippen molar-refractivity contribution in [3.63, 3.8) is 0 Å². The number of amides is 3. The van der Waals surface area contributed by atoms with Gasteiger partial charge < -0.3 is 25.0 Å². The van der Waals surface area contributed by atoms with Gasteiger partial charge in [-0.3, -0.25) is 4.79 Å². The number of urea groups is 1. The number of hydrogen-bond acceptors (Lipinski definition) is 7. The largest absolute Gasteiger partial charge is 0.379 e. The highest BCUT2D eigenvalue weighted by Gasteiger charge is 2.19. The van der Waals surface area contributed by atoms with Crippen molar-refractivity contribution in [1.82, 2.24) is 15.2 Å². The van der Waals surface area contributed by atoms with Gasteiger partial charge in [0.2, 0.25) is 5.91 Å². The van der Waals surface area contributed by atoms with E-state index in [0.29, 0.717) is 45.3 Å². The van der Waals surface area contributed by atoms with Crippen LogP contribution >= 0.6 is 23.1 Å². The molecule has 0 bridgehead atoms. The van der Waals surface area contributed by atoms with Crippen molar-refractivity contribution in [3.05, 3.63) is 18.2 Å². The highest BCUT2D eigenvalue weighted by atomic mass is 32.2. The Kier molecular flexibility index (Phi) is 6.30. The first kappa shape index (κ1) is 19.4. The number of thioether (sulfide) groups is 1. The molecule has 1 atom stereocenters. The molecule has 28 heavy (non-hydrogen) atoms. The number of fused-ring (bicyclic) bond motifs is 1. The molecule has 2 aromatic rings. The molecule has 1 aromatic heterocycles. The maximum Gasteiger partial charge on any atom is 0.322 e. The highest BCUT2D eigenvalue weighted by molar-refractivity contribution is 8.01. The summed E-state index contributed by atoms with van der Waals surface area (Å²) in [7, 11) is 0. The fraction of sp³-hybridized carbons (Fsp3) is 0.500. The number of anilines is 1. The van der Waals surface area contributed by atoms with Gasteiger partial charge in [-0.1, -0.05) is 11.8 Å². The van der Waals surface area contributed by atoms with Crippen LogP contribution in [0.2, 0.25) is 0 Å². The number of morpholine rings is 1. The van der Waals surface area contributed by atoms with E-state index in [1.165, 1.54) is 23.1 Å². The number of nitrogens with one attached hydrogen (secondary N) is 2. The van der Waals surface area contributed by atoms with Gasteiger partial charge in [0.15, 0.2) is 4.34 Å². The summed E-state index contributed by atoms with van der Waals surface area (Å²) in [5, 5.41) is 5.91. The van der Waals surface area contributed by atoms with Gasteiger partial charge in [-0.15, -0.1) is 11.3 Å². The third kappa shape index (κ3) is 4.93. The quantitative estimate of drug-likeness (QED) is 0.718. The number of benzene rings is 1. The normalized spacial score (nSPS) is 19.7. The van der Waals surface area contributed by atoms with Gasteiger partial charge in [0.05, 0.1) is 41.8 Å². The van der Waals surface area contributed by atoms with Crippen LogP contribution in [-0.2, 0) is 14.3 Å². The van der Waals surface area contributed by atoms with Gasteiger partial charge in [0.25, 0.3) is 0 Å². The summed E-state index contributed by atoms with van der Waals surface area (Å²) in [6.07, 6.45) is 0.872. The number of thiazole rings is 1. The molecule has 150 valence electrons. The summed E-state index contributed by atoms with van der Waals surface area (Å²) in [5.41, 5.74) is 1.60. The van der Waals surface area contributed by atoms with E-state index < -0.39 is 0 Å². The predicted octanol–water partition coefficient (Wildman–Crippen LogP) is 2.16. The van der Waals surface area contributed by atoms with Crippen molar-refractivity contribution in [1.29, 1.82) is 0 Å². The lowest BCUT2D eigenvalue weighted by molar-refractivity contribution is -0.119. The zero-order valence-electron chi connectivity index (χ0n) is 15.3. The maximum atomic E-state index is 12.3. The van der Waals surface area contributed by atoms with Crippen LogP contribution in [-0.4, -0.2) is 73.1 Å². The fourth-order valence-electron chi connectivity index (χ4n) is 3.06. The van der Waals surface area contributed by atoms with Crippen LogP contribution in [0.5, 0.6) is 0 Å². The van der Waals surface area contributed by atoms with E-state index in [1.54, 1.807) is 4.90 Å². The molecule has 0 saturated carbocycles. The number of carbonyl (C=O) groups excluding carboxylic acids is 2. The highest BCUT2D eigenvalue weighted by Crippen LogP contribution is 2.31. The monoisotopic (exact) mass is 422 g/mol. The Morgan fingerprint density at radius 3 is 2.89 bits per heavy atom. The van der Waals surface area contributed by atoms with Gasteiger partial charge in [-0.2, -0.15) is 0 Å². The van der Waals surface area contributed by atoms with Crippen molar-refractivity contribution >= 4 is 50.9 Å². The lowest BCUT2D eigenvalue weighted by atomic mass is 10.3. The summed E-state index contributed by atoms with van der Waals surface area (Å²) in [4.78, 5) is 30.7. The minimum Gasteiger partial charge on any atom is -0.379 e. The average Bonchev–Trinajstić information content (AvgIpc) is 3.36.